The summed E-state index contributed by atoms with van der Waals surface area (Å²) in [5.74, 6) is -0.977. The number of amides is 1. The van der Waals surface area contributed by atoms with E-state index < -0.39 is 34.0 Å². The van der Waals surface area contributed by atoms with Crippen LogP contribution in [0.5, 0.6) is 5.75 Å². The Hall–Kier alpha value is -1.48. The van der Waals surface area contributed by atoms with E-state index in [1.54, 1.807) is 0 Å². The van der Waals surface area contributed by atoms with Crippen LogP contribution in [-0.2, 0) is 13.8 Å². The van der Waals surface area contributed by atoms with Crippen molar-refractivity contribution in [1.29, 1.82) is 0 Å². The molecule has 1 aromatic rings. The zero-order chi connectivity index (χ0) is 16.3. The van der Waals surface area contributed by atoms with Crippen molar-refractivity contribution >= 4 is 31.3 Å². The SMILES string of the molecule is COc1cc(NC(=O)CCC(F)(F)F)ccc1S(=O)(=O)Cl. The van der Waals surface area contributed by atoms with Crippen molar-refractivity contribution in [3.63, 3.8) is 0 Å². The lowest BCUT2D eigenvalue weighted by Crippen LogP contribution is -2.16. The van der Waals surface area contributed by atoms with Crippen LogP contribution in [0.15, 0.2) is 23.1 Å². The van der Waals surface area contributed by atoms with Gasteiger partial charge in [-0.15, -0.1) is 0 Å². The van der Waals surface area contributed by atoms with Gasteiger partial charge >= 0.3 is 6.18 Å². The van der Waals surface area contributed by atoms with Crippen molar-refractivity contribution in [3.05, 3.63) is 18.2 Å². The average molecular weight is 346 g/mol. The van der Waals surface area contributed by atoms with Crippen LogP contribution in [0, 0.1) is 0 Å². The molecule has 1 rings (SSSR count). The summed E-state index contributed by atoms with van der Waals surface area (Å²) in [6.45, 7) is 0. The maximum Gasteiger partial charge on any atom is 0.389 e. The molecule has 1 N–H and O–H groups in total. The summed E-state index contributed by atoms with van der Waals surface area (Å²) in [6.07, 6.45) is -6.41. The first-order chi connectivity index (χ1) is 9.53. The second-order valence-electron chi connectivity index (χ2n) is 3.97. The van der Waals surface area contributed by atoms with Crippen LogP contribution in [0.3, 0.4) is 0 Å². The molecule has 5 nitrogen and oxygen atoms in total. The van der Waals surface area contributed by atoms with Crippen molar-refractivity contribution in [2.75, 3.05) is 12.4 Å². The molecular formula is C11H11ClF3NO4S. The molecule has 0 heterocycles. The van der Waals surface area contributed by atoms with Gasteiger partial charge in [-0.1, -0.05) is 0 Å². The van der Waals surface area contributed by atoms with Gasteiger partial charge in [0.2, 0.25) is 5.91 Å². The first-order valence-electron chi connectivity index (χ1n) is 5.52. The van der Waals surface area contributed by atoms with Crippen LogP contribution < -0.4 is 10.1 Å². The second kappa shape index (κ2) is 6.52. The summed E-state index contributed by atoms with van der Waals surface area (Å²) in [5.41, 5.74) is 0.100. The van der Waals surface area contributed by atoms with Gasteiger partial charge in [0.15, 0.2) is 0 Å². The molecule has 1 amide bonds. The predicted molar refractivity (Wildman–Crippen MR) is 70.0 cm³/mol. The zero-order valence-corrected chi connectivity index (χ0v) is 12.3. The first kappa shape index (κ1) is 17.6. The molecule has 0 unspecified atom stereocenters. The first-order valence-corrected chi connectivity index (χ1v) is 7.83. The summed E-state index contributed by atoms with van der Waals surface area (Å²) in [5, 5.41) is 2.21. The molecule has 0 saturated carbocycles. The van der Waals surface area contributed by atoms with Gasteiger partial charge in [0.1, 0.15) is 10.6 Å². The van der Waals surface area contributed by atoms with E-state index in [0.29, 0.717) is 0 Å². The van der Waals surface area contributed by atoms with Crippen LogP contribution >= 0.6 is 10.7 Å². The summed E-state index contributed by atoms with van der Waals surface area (Å²) >= 11 is 0. The molecule has 10 heteroatoms. The fourth-order valence-electron chi connectivity index (χ4n) is 1.43. The average Bonchev–Trinajstić information content (AvgIpc) is 2.34. The third-order valence-electron chi connectivity index (χ3n) is 2.35. The molecule has 21 heavy (non-hydrogen) atoms. The van der Waals surface area contributed by atoms with E-state index in [9.17, 15) is 26.4 Å². The van der Waals surface area contributed by atoms with Crippen molar-refractivity contribution in [1.82, 2.24) is 0 Å². The standard InChI is InChI=1S/C11H11ClF3NO4S/c1-20-8-6-7(2-3-9(8)21(12,18)19)16-10(17)4-5-11(13,14)15/h2-3,6H,4-5H2,1H3,(H,16,17). The Balaban J connectivity index is 2.84. The topological polar surface area (TPSA) is 72.5 Å². The molecule has 0 radical (unpaired) electrons. The third kappa shape index (κ3) is 5.80. The quantitative estimate of drug-likeness (QED) is 0.833. The molecule has 0 aliphatic heterocycles. The number of hydrogen-bond acceptors (Lipinski definition) is 4. The number of benzene rings is 1. The van der Waals surface area contributed by atoms with E-state index in [2.05, 4.69) is 5.32 Å². The lowest BCUT2D eigenvalue weighted by atomic mass is 10.2. The maximum atomic E-state index is 12.0. The monoisotopic (exact) mass is 345 g/mol. The zero-order valence-electron chi connectivity index (χ0n) is 10.7. The minimum atomic E-state index is -4.43. The van der Waals surface area contributed by atoms with Crippen molar-refractivity contribution in [3.8, 4) is 5.75 Å². The Morgan fingerprint density at radius 2 is 2.00 bits per heavy atom. The Labute approximate surface area is 123 Å². The minimum Gasteiger partial charge on any atom is -0.495 e. The number of rotatable bonds is 5. The van der Waals surface area contributed by atoms with Crippen LogP contribution in [-0.4, -0.2) is 27.6 Å². The van der Waals surface area contributed by atoms with Crippen LogP contribution in [0.4, 0.5) is 18.9 Å². The minimum absolute atomic E-state index is 0.100. The van der Waals surface area contributed by atoms with E-state index in [1.807, 2.05) is 0 Å². The number of hydrogen-bond donors (Lipinski definition) is 1. The van der Waals surface area contributed by atoms with E-state index >= 15 is 0 Å². The molecular weight excluding hydrogens is 335 g/mol. The molecule has 0 fully saturated rings. The summed E-state index contributed by atoms with van der Waals surface area (Å²) in [6, 6.07) is 3.44. The van der Waals surface area contributed by atoms with Crippen LogP contribution in [0.1, 0.15) is 12.8 Å². The van der Waals surface area contributed by atoms with Gasteiger partial charge in [-0.25, -0.2) is 8.42 Å². The van der Waals surface area contributed by atoms with Gasteiger partial charge in [0.05, 0.1) is 13.5 Å². The molecule has 0 aliphatic rings. The van der Waals surface area contributed by atoms with E-state index in [-0.39, 0.29) is 16.3 Å². The largest absolute Gasteiger partial charge is 0.495 e. The van der Waals surface area contributed by atoms with E-state index in [0.717, 1.165) is 12.1 Å². The third-order valence-corrected chi connectivity index (χ3v) is 3.71. The highest BCUT2D eigenvalue weighted by atomic mass is 35.7. The fraction of sp³-hybridized carbons (Fsp3) is 0.364. The number of methoxy groups -OCH3 is 1. The number of halogens is 4. The molecule has 0 aromatic heterocycles. The highest BCUT2D eigenvalue weighted by Gasteiger charge is 2.28. The number of anilines is 1. The van der Waals surface area contributed by atoms with E-state index in [4.69, 9.17) is 15.4 Å². The van der Waals surface area contributed by atoms with Crippen molar-refractivity contribution in [2.24, 2.45) is 0 Å². The Morgan fingerprint density at radius 1 is 1.38 bits per heavy atom. The lowest BCUT2D eigenvalue weighted by Gasteiger charge is -2.10. The molecule has 0 bridgehead atoms. The summed E-state index contributed by atoms with van der Waals surface area (Å²) < 4.78 is 63.2. The summed E-state index contributed by atoms with van der Waals surface area (Å²) in [4.78, 5) is 11.0. The number of nitrogens with one attached hydrogen (secondary N) is 1. The van der Waals surface area contributed by atoms with Crippen LogP contribution in [0.2, 0.25) is 0 Å². The summed E-state index contributed by atoms with van der Waals surface area (Å²) in [7, 11) is 2.34. The van der Waals surface area contributed by atoms with Gasteiger partial charge in [-0.05, 0) is 12.1 Å². The van der Waals surface area contributed by atoms with Gasteiger partial charge in [-0.3, -0.25) is 4.79 Å². The molecule has 118 valence electrons. The van der Waals surface area contributed by atoms with Gasteiger partial charge in [-0.2, -0.15) is 13.2 Å². The maximum absolute atomic E-state index is 12.0. The smallest absolute Gasteiger partial charge is 0.389 e. The van der Waals surface area contributed by atoms with Gasteiger partial charge in [0.25, 0.3) is 9.05 Å². The molecule has 0 aliphatic carbocycles. The second-order valence-corrected chi connectivity index (χ2v) is 6.50. The molecule has 0 atom stereocenters. The molecule has 0 spiro atoms. The van der Waals surface area contributed by atoms with Crippen LogP contribution in [0.25, 0.3) is 0 Å². The van der Waals surface area contributed by atoms with E-state index in [1.165, 1.54) is 13.2 Å². The van der Waals surface area contributed by atoms with Gasteiger partial charge < -0.3 is 10.1 Å². The predicted octanol–water partition coefficient (Wildman–Crippen LogP) is 2.90. The number of alkyl halides is 3. The fourth-order valence-corrected chi connectivity index (χ4v) is 2.42. The highest BCUT2D eigenvalue weighted by molar-refractivity contribution is 8.13. The van der Waals surface area contributed by atoms with Crippen molar-refractivity contribution in [2.45, 2.75) is 23.9 Å². The van der Waals surface area contributed by atoms with Gasteiger partial charge in [0, 0.05) is 28.9 Å². The molecule has 1 aromatic carbocycles. The number of ether oxygens (including phenoxy) is 1. The Morgan fingerprint density at radius 3 is 2.48 bits per heavy atom. The Kier molecular flexibility index (Phi) is 5.46. The lowest BCUT2D eigenvalue weighted by molar-refractivity contribution is -0.142. The normalized spacial score (nSPS) is 12.0. The Bertz CT molecular complexity index is 631. The van der Waals surface area contributed by atoms with Crippen molar-refractivity contribution < 1.29 is 31.1 Å². The number of carbonyl (C=O) groups excluding carboxylic acids is 1. The molecule has 0 saturated heterocycles. The number of carbonyl (C=O) groups is 1. The highest BCUT2D eigenvalue weighted by Crippen LogP contribution is 2.30.